The second-order valence-electron chi connectivity index (χ2n) is 5.85. The highest BCUT2D eigenvalue weighted by Crippen LogP contribution is 2.23. The lowest BCUT2D eigenvalue weighted by Crippen LogP contribution is -2.41. The fourth-order valence-electron chi connectivity index (χ4n) is 2.58. The number of hydrogen-bond donors (Lipinski definition) is 1. The highest BCUT2D eigenvalue weighted by molar-refractivity contribution is 7.88. The Labute approximate surface area is 154 Å². The lowest BCUT2D eigenvalue weighted by atomic mass is 10.1. The van der Waals surface area contributed by atoms with Crippen molar-refractivity contribution >= 4 is 15.9 Å². The monoisotopic (exact) mass is 376 g/mol. The minimum Gasteiger partial charge on any atom is -0.494 e. The molecule has 0 saturated carbocycles. The Balaban J connectivity index is 2.23. The average molecular weight is 376 g/mol. The number of likely N-dealkylation sites (N-methyl/N-ethyl adjacent to an activating group) is 1. The number of amides is 1. The van der Waals surface area contributed by atoms with Crippen molar-refractivity contribution in [2.24, 2.45) is 0 Å². The number of nitrogens with zero attached hydrogens (tertiary/aromatic N) is 1. The molecule has 0 bridgehead atoms. The Kier molecular flexibility index (Phi) is 6.76. The second kappa shape index (κ2) is 8.82. The van der Waals surface area contributed by atoms with E-state index in [4.69, 9.17) is 4.74 Å². The van der Waals surface area contributed by atoms with Gasteiger partial charge in [0.05, 0.1) is 12.9 Å². The average Bonchev–Trinajstić information content (AvgIpc) is 2.61. The Morgan fingerprint density at radius 3 is 2.35 bits per heavy atom. The third-order valence-corrected chi connectivity index (χ3v) is 5.23. The van der Waals surface area contributed by atoms with E-state index in [1.807, 2.05) is 37.3 Å². The van der Waals surface area contributed by atoms with Gasteiger partial charge >= 0.3 is 0 Å². The van der Waals surface area contributed by atoms with E-state index in [-0.39, 0.29) is 6.54 Å². The predicted octanol–water partition coefficient (Wildman–Crippen LogP) is 2.33. The fourth-order valence-corrected chi connectivity index (χ4v) is 3.18. The van der Waals surface area contributed by atoms with Gasteiger partial charge in [0.25, 0.3) is 0 Å². The highest BCUT2D eigenvalue weighted by atomic mass is 32.2. The number of carbonyl (C=O) groups excluding carboxylic acids is 1. The summed E-state index contributed by atoms with van der Waals surface area (Å²) in [6.45, 7) is 2.66. The molecule has 140 valence electrons. The molecule has 0 aliphatic carbocycles. The zero-order valence-corrected chi connectivity index (χ0v) is 16.0. The summed E-state index contributed by atoms with van der Waals surface area (Å²) in [6.07, 6.45) is 1.08. The molecule has 0 saturated heterocycles. The van der Waals surface area contributed by atoms with Crippen LogP contribution in [0.1, 0.15) is 24.1 Å². The molecule has 1 atom stereocenters. The van der Waals surface area contributed by atoms with Crippen LogP contribution in [0.2, 0.25) is 0 Å². The smallest absolute Gasteiger partial charge is 0.243 e. The summed E-state index contributed by atoms with van der Waals surface area (Å²) in [7, 11) is -2.14. The van der Waals surface area contributed by atoms with E-state index in [1.54, 1.807) is 24.3 Å². The molecule has 6 nitrogen and oxygen atoms in total. The molecule has 1 N–H and O–H groups in total. The van der Waals surface area contributed by atoms with Gasteiger partial charge < -0.3 is 10.1 Å². The molecular weight excluding hydrogens is 352 g/mol. The Morgan fingerprint density at radius 2 is 1.73 bits per heavy atom. The summed E-state index contributed by atoms with van der Waals surface area (Å²) in [5, 5.41) is 2.82. The van der Waals surface area contributed by atoms with Crippen LogP contribution in [-0.4, -0.2) is 38.5 Å². The maximum atomic E-state index is 12.8. The Morgan fingerprint density at radius 1 is 1.12 bits per heavy atom. The van der Waals surface area contributed by atoms with Crippen LogP contribution in [0, 0.1) is 0 Å². The summed E-state index contributed by atoms with van der Waals surface area (Å²) in [5.41, 5.74) is 1.44. The van der Waals surface area contributed by atoms with E-state index < -0.39 is 22.0 Å². The van der Waals surface area contributed by atoms with E-state index in [0.29, 0.717) is 17.9 Å². The molecule has 7 heteroatoms. The van der Waals surface area contributed by atoms with Gasteiger partial charge in [-0.3, -0.25) is 4.79 Å². The molecule has 2 rings (SSSR count). The maximum Gasteiger partial charge on any atom is 0.243 e. The van der Waals surface area contributed by atoms with Crippen LogP contribution in [0.25, 0.3) is 0 Å². The highest BCUT2D eigenvalue weighted by Gasteiger charge is 2.30. The van der Waals surface area contributed by atoms with Gasteiger partial charge in [0.15, 0.2) is 0 Å². The van der Waals surface area contributed by atoms with Gasteiger partial charge in [-0.2, -0.15) is 4.31 Å². The lowest BCUT2D eigenvalue weighted by molar-refractivity contribution is -0.125. The Bertz CT molecular complexity index is 838. The molecular formula is C19H24N2O4S. The summed E-state index contributed by atoms with van der Waals surface area (Å²) in [6, 6.07) is 15.3. The van der Waals surface area contributed by atoms with Crippen molar-refractivity contribution < 1.29 is 17.9 Å². The van der Waals surface area contributed by atoms with Crippen LogP contribution in [0.5, 0.6) is 5.75 Å². The molecule has 0 heterocycles. The molecule has 0 aromatic heterocycles. The molecule has 2 aromatic carbocycles. The van der Waals surface area contributed by atoms with Crippen LogP contribution >= 0.6 is 0 Å². The zero-order valence-electron chi connectivity index (χ0n) is 15.2. The van der Waals surface area contributed by atoms with Gasteiger partial charge in [-0.05, 0) is 18.6 Å². The van der Waals surface area contributed by atoms with Crippen molar-refractivity contribution in [2.75, 3.05) is 19.9 Å². The molecule has 0 fully saturated rings. The SMILES string of the molecule is CCOc1ccccc1CNC(=O)[C@@H](c1ccccc1)N(C)S(C)(=O)=O. The minimum atomic E-state index is -3.55. The Hall–Kier alpha value is -2.38. The molecule has 1 amide bonds. The maximum absolute atomic E-state index is 12.8. The minimum absolute atomic E-state index is 0.246. The predicted molar refractivity (Wildman–Crippen MR) is 101 cm³/mol. The van der Waals surface area contributed by atoms with Crippen molar-refractivity contribution in [3.63, 3.8) is 0 Å². The summed E-state index contributed by atoms with van der Waals surface area (Å²) < 4.78 is 30.6. The van der Waals surface area contributed by atoms with Crippen LogP contribution < -0.4 is 10.1 Å². The van der Waals surface area contributed by atoms with Gasteiger partial charge in [0, 0.05) is 19.2 Å². The van der Waals surface area contributed by atoms with Crippen molar-refractivity contribution in [3.8, 4) is 5.75 Å². The summed E-state index contributed by atoms with van der Waals surface area (Å²) >= 11 is 0. The zero-order chi connectivity index (χ0) is 19.2. The number of carbonyl (C=O) groups is 1. The largest absolute Gasteiger partial charge is 0.494 e. The normalized spacial score (nSPS) is 12.6. The van der Waals surface area contributed by atoms with E-state index in [2.05, 4.69) is 5.32 Å². The number of hydrogen-bond acceptors (Lipinski definition) is 4. The number of sulfonamides is 1. The number of rotatable bonds is 8. The van der Waals surface area contributed by atoms with Gasteiger partial charge in [-0.1, -0.05) is 48.5 Å². The van der Waals surface area contributed by atoms with Crippen LogP contribution in [-0.2, 0) is 21.4 Å². The van der Waals surface area contributed by atoms with Crippen LogP contribution in [0.15, 0.2) is 54.6 Å². The fraction of sp³-hybridized carbons (Fsp3) is 0.316. The molecule has 26 heavy (non-hydrogen) atoms. The third-order valence-electron chi connectivity index (χ3n) is 3.98. The summed E-state index contributed by atoms with van der Waals surface area (Å²) in [5.74, 6) is 0.304. The topological polar surface area (TPSA) is 75.7 Å². The standard InChI is InChI=1S/C19H24N2O4S/c1-4-25-17-13-9-8-12-16(17)14-20-19(22)18(21(2)26(3,23)24)15-10-6-5-7-11-15/h5-13,18H,4,14H2,1-3H3,(H,20,22)/t18-/m1/s1. The number of nitrogens with one attached hydrogen (secondary N) is 1. The molecule has 2 aromatic rings. The molecule has 0 aliphatic heterocycles. The third kappa shape index (κ3) is 5.06. The van der Waals surface area contributed by atoms with Crippen molar-refractivity contribution in [2.45, 2.75) is 19.5 Å². The molecule has 0 spiro atoms. The van der Waals surface area contributed by atoms with E-state index in [9.17, 15) is 13.2 Å². The first kappa shape index (κ1) is 19.9. The molecule has 0 unspecified atom stereocenters. The quantitative estimate of drug-likeness (QED) is 0.767. The molecule has 0 radical (unpaired) electrons. The number of ether oxygens (including phenoxy) is 1. The first-order chi connectivity index (χ1) is 12.3. The van der Waals surface area contributed by atoms with Crippen molar-refractivity contribution in [3.05, 3.63) is 65.7 Å². The van der Waals surface area contributed by atoms with Gasteiger partial charge in [0.1, 0.15) is 11.8 Å². The first-order valence-corrected chi connectivity index (χ1v) is 10.2. The second-order valence-corrected chi connectivity index (χ2v) is 7.89. The summed E-state index contributed by atoms with van der Waals surface area (Å²) in [4.78, 5) is 12.8. The van der Waals surface area contributed by atoms with Crippen molar-refractivity contribution in [1.29, 1.82) is 0 Å². The lowest BCUT2D eigenvalue weighted by Gasteiger charge is -2.25. The first-order valence-electron chi connectivity index (χ1n) is 8.31. The van der Waals surface area contributed by atoms with Gasteiger partial charge in [-0.15, -0.1) is 0 Å². The van der Waals surface area contributed by atoms with E-state index in [0.717, 1.165) is 16.1 Å². The van der Waals surface area contributed by atoms with Crippen LogP contribution in [0.3, 0.4) is 0 Å². The van der Waals surface area contributed by atoms with Gasteiger partial charge in [-0.25, -0.2) is 8.42 Å². The van der Waals surface area contributed by atoms with Gasteiger partial charge in [0.2, 0.25) is 15.9 Å². The van der Waals surface area contributed by atoms with E-state index >= 15 is 0 Å². The number of para-hydroxylation sites is 1. The number of benzene rings is 2. The molecule has 0 aliphatic rings. The van der Waals surface area contributed by atoms with E-state index in [1.165, 1.54) is 7.05 Å². The van der Waals surface area contributed by atoms with Crippen molar-refractivity contribution in [1.82, 2.24) is 9.62 Å². The van der Waals surface area contributed by atoms with Crippen LogP contribution in [0.4, 0.5) is 0 Å².